The van der Waals surface area contributed by atoms with Crippen molar-refractivity contribution in [2.45, 2.75) is 6.54 Å². The number of anilines is 2. The summed E-state index contributed by atoms with van der Waals surface area (Å²) in [4.78, 5) is 8.92. The van der Waals surface area contributed by atoms with Gasteiger partial charge in [0.2, 0.25) is 0 Å². The van der Waals surface area contributed by atoms with E-state index in [0.29, 0.717) is 6.54 Å². The van der Waals surface area contributed by atoms with Gasteiger partial charge in [-0.15, -0.1) is 0 Å². The first-order valence-corrected chi connectivity index (χ1v) is 8.17. The van der Waals surface area contributed by atoms with Crippen LogP contribution in [0.15, 0.2) is 79.1 Å². The highest BCUT2D eigenvalue weighted by molar-refractivity contribution is 5.83. The summed E-state index contributed by atoms with van der Waals surface area (Å²) in [5.74, 6) is 0.751. The highest BCUT2D eigenvalue weighted by atomic mass is 15.0. The molecule has 4 nitrogen and oxygen atoms in total. The van der Waals surface area contributed by atoms with Crippen LogP contribution in [0.3, 0.4) is 0 Å². The zero-order chi connectivity index (χ0) is 17.1. The van der Waals surface area contributed by atoms with Crippen LogP contribution in [-0.2, 0) is 6.54 Å². The van der Waals surface area contributed by atoms with Crippen LogP contribution in [0.25, 0.3) is 22.0 Å². The van der Waals surface area contributed by atoms with Crippen LogP contribution in [0.2, 0.25) is 0 Å². The quantitative estimate of drug-likeness (QED) is 0.542. The van der Waals surface area contributed by atoms with Crippen molar-refractivity contribution in [1.82, 2.24) is 9.97 Å². The Bertz CT molecular complexity index is 1010. The normalized spacial score (nSPS) is 10.7. The topological polar surface area (TPSA) is 63.8 Å². The van der Waals surface area contributed by atoms with Gasteiger partial charge in [0.1, 0.15) is 5.82 Å². The Labute approximate surface area is 146 Å². The number of nitrogens with one attached hydrogen (secondary N) is 1. The molecule has 1 heterocycles. The van der Waals surface area contributed by atoms with E-state index in [1.807, 2.05) is 24.3 Å². The molecule has 1 aromatic heterocycles. The molecule has 0 fully saturated rings. The number of nitrogen functional groups attached to an aromatic ring is 1. The molecule has 4 aromatic rings. The van der Waals surface area contributed by atoms with Crippen LogP contribution in [0, 0.1) is 0 Å². The van der Waals surface area contributed by atoms with Crippen molar-refractivity contribution in [1.29, 1.82) is 0 Å². The Morgan fingerprint density at radius 2 is 1.68 bits per heavy atom. The summed E-state index contributed by atoms with van der Waals surface area (Å²) >= 11 is 0. The molecule has 122 valence electrons. The molecule has 0 atom stereocenters. The molecule has 0 aliphatic carbocycles. The predicted octanol–water partition coefficient (Wildman–Crippen LogP) is 4.49. The highest BCUT2D eigenvalue weighted by Crippen LogP contribution is 2.20. The number of nitrogens with two attached hydrogens (primary N) is 1. The molecule has 0 amide bonds. The fourth-order valence-electron chi connectivity index (χ4n) is 2.81. The van der Waals surface area contributed by atoms with Crippen LogP contribution in [0.5, 0.6) is 0 Å². The fourth-order valence-corrected chi connectivity index (χ4v) is 2.81. The second kappa shape index (κ2) is 6.61. The molecule has 0 bridgehead atoms. The van der Waals surface area contributed by atoms with Crippen LogP contribution in [0.1, 0.15) is 5.56 Å². The molecule has 0 saturated heterocycles. The van der Waals surface area contributed by atoms with Gasteiger partial charge in [-0.05, 0) is 34.5 Å². The maximum absolute atomic E-state index is 5.82. The van der Waals surface area contributed by atoms with Crippen LogP contribution >= 0.6 is 0 Å². The molecule has 0 aliphatic heterocycles. The average molecular weight is 326 g/mol. The number of hydrogen-bond donors (Lipinski definition) is 2. The van der Waals surface area contributed by atoms with Crippen molar-refractivity contribution in [3.05, 3.63) is 84.7 Å². The Kier molecular flexibility index (Phi) is 4.01. The maximum atomic E-state index is 5.82. The summed E-state index contributed by atoms with van der Waals surface area (Å²) in [7, 11) is 0. The summed E-state index contributed by atoms with van der Waals surface area (Å²) in [6.45, 7) is 0.706. The lowest BCUT2D eigenvalue weighted by atomic mass is 10.1. The lowest BCUT2D eigenvalue weighted by Crippen LogP contribution is -2.02. The van der Waals surface area contributed by atoms with Gasteiger partial charge in [-0.25, -0.2) is 4.98 Å². The number of fused-ring (bicyclic) bond motifs is 1. The van der Waals surface area contributed by atoms with E-state index in [1.165, 1.54) is 16.3 Å². The first-order chi connectivity index (χ1) is 12.3. The summed E-state index contributed by atoms with van der Waals surface area (Å²) in [6.07, 6.45) is 3.51. The van der Waals surface area contributed by atoms with Crippen molar-refractivity contribution < 1.29 is 0 Å². The summed E-state index contributed by atoms with van der Waals surface area (Å²) < 4.78 is 0. The minimum atomic E-state index is 0.706. The molecular formula is C21H18N4. The predicted molar refractivity (Wildman–Crippen MR) is 103 cm³/mol. The second-order valence-corrected chi connectivity index (χ2v) is 5.95. The molecule has 4 rings (SSSR count). The lowest BCUT2D eigenvalue weighted by molar-refractivity contribution is 1.09. The monoisotopic (exact) mass is 326 g/mol. The summed E-state index contributed by atoms with van der Waals surface area (Å²) in [5, 5.41) is 5.81. The van der Waals surface area contributed by atoms with Crippen molar-refractivity contribution in [3.63, 3.8) is 0 Å². The minimum Gasteiger partial charge on any atom is -0.399 e. The average Bonchev–Trinajstić information content (AvgIpc) is 2.66. The van der Waals surface area contributed by atoms with Gasteiger partial charge in [0, 0.05) is 17.8 Å². The molecule has 4 heteroatoms. The molecule has 3 N–H and O–H groups in total. The van der Waals surface area contributed by atoms with Crippen molar-refractivity contribution >= 4 is 22.3 Å². The highest BCUT2D eigenvalue weighted by Gasteiger charge is 2.02. The van der Waals surface area contributed by atoms with E-state index in [-0.39, 0.29) is 0 Å². The fraction of sp³-hybridized carbons (Fsp3) is 0.0476. The van der Waals surface area contributed by atoms with Gasteiger partial charge in [-0.1, -0.05) is 48.5 Å². The van der Waals surface area contributed by atoms with Crippen LogP contribution in [-0.4, -0.2) is 9.97 Å². The Morgan fingerprint density at radius 1 is 0.800 bits per heavy atom. The van der Waals surface area contributed by atoms with E-state index in [4.69, 9.17) is 5.73 Å². The number of hydrogen-bond acceptors (Lipinski definition) is 4. The van der Waals surface area contributed by atoms with E-state index < -0.39 is 0 Å². The Hall–Kier alpha value is -3.40. The smallest absolute Gasteiger partial charge is 0.144 e. The molecular weight excluding hydrogens is 308 g/mol. The van der Waals surface area contributed by atoms with E-state index in [0.717, 1.165) is 22.8 Å². The second-order valence-electron chi connectivity index (χ2n) is 5.95. The molecule has 25 heavy (non-hydrogen) atoms. The van der Waals surface area contributed by atoms with Gasteiger partial charge < -0.3 is 11.1 Å². The van der Waals surface area contributed by atoms with E-state index >= 15 is 0 Å². The number of nitrogens with zero attached hydrogens (tertiary/aromatic N) is 2. The molecule has 0 spiro atoms. The largest absolute Gasteiger partial charge is 0.399 e. The Morgan fingerprint density at radius 3 is 2.48 bits per heavy atom. The van der Waals surface area contributed by atoms with Crippen molar-refractivity contribution in [3.8, 4) is 11.3 Å². The third-order valence-electron chi connectivity index (χ3n) is 4.12. The number of rotatable bonds is 4. The van der Waals surface area contributed by atoms with E-state index in [2.05, 4.69) is 57.7 Å². The van der Waals surface area contributed by atoms with Crippen LogP contribution in [0.4, 0.5) is 11.5 Å². The third-order valence-corrected chi connectivity index (χ3v) is 4.12. The molecule has 0 radical (unpaired) electrons. The Balaban J connectivity index is 1.47. The minimum absolute atomic E-state index is 0.706. The zero-order valence-electron chi connectivity index (χ0n) is 13.7. The summed E-state index contributed by atoms with van der Waals surface area (Å²) in [5.41, 5.74) is 9.52. The number of benzene rings is 3. The molecule has 0 unspecified atom stereocenters. The van der Waals surface area contributed by atoms with Gasteiger partial charge in [0.15, 0.2) is 0 Å². The third kappa shape index (κ3) is 3.43. The molecule has 0 aliphatic rings. The van der Waals surface area contributed by atoms with Gasteiger partial charge in [-0.2, -0.15) is 0 Å². The molecule has 3 aromatic carbocycles. The van der Waals surface area contributed by atoms with E-state index in [1.54, 1.807) is 12.4 Å². The van der Waals surface area contributed by atoms with Crippen LogP contribution < -0.4 is 11.1 Å². The first kappa shape index (κ1) is 15.1. The lowest BCUT2D eigenvalue weighted by Gasteiger charge is -2.08. The summed E-state index contributed by atoms with van der Waals surface area (Å²) in [6, 6.07) is 22.5. The molecule has 0 saturated carbocycles. The number of aromatic nitrogens is 2. The van der Waals surface area contributed by atoms with Crippen molar-refractivity contribution in [2.75, 3.05) is 11.1 Å². The standard InChI is InChI=1S/C21H18N4/c22-19-7-3-6-18(11-19)20-13-25-21(14-23-20)24-12-15-8-9-16-4-1-2-5-17(16)10-15/h1-11,13-14H,12,22H2,(H,24,25). The maximum Gasteiger partial charge on any atom is 0.144 e. The van der Waals surface area contributed by atoms with Crippen molar-refractivity contribution in [2.24, 2.45) is 0 Å². The van der Waals surface area contributed by atoms with Gasteiger partial charge in [0.25, 0.3) is 0 Å². The van der Waals surface area contributed by atoms with Gasteiger partial charge in [-0.3, -0.25) is 4.98 Å². The van der Waals surface area contributed by atoms with E-state index in [9.17, 15) is 0 Å². The SMILES string of the molecule is Nc1cccc(-c2cnc(NCc3ccc4ccccc4c3)cn2)c1. The van der Waals surface area contributed by atoms with Gasteiger partial charge >= 0.3 is 0 Å². The zero-order valence-corrected chi connectivity index (χ0v) is 13.7. The first-order valence-electron chi connectivity index (χ1n) is 8.17. The van der Waals surface area contributed by atoms with Gasteiger partial charge in [0.05, 0.1) is 18.1 Å².